The fourth-order valence-corrected chi connectivity index (χ4v) is 6.11. The quantitative estimate of drug-likeness (QED) is 0.157. The highest BCUT2D eigenvalue weighted by molar-refractivity contribution is 7.10. The van der Waals surface area contributed by atoms with Crippen LogP contribution in [0.5, 0.6) is 0 Å². The SMILES string of the molecule is CCNC(=O)NC1=NCC(C2CC(C(=O)NN)=CN=C2OCCCC2CCCC2)=C(c2nc(C(F)(F)F)cs2)C1. The number of dihydropyridines is 1. The molecule has 3 heterocycles. The van der Waals surface area contributed by atoms with Crippen LogP contribution in [0.1, 0.15) is 69.0 Å². The number of nitrogens with one attached hydrogen (secondary N) is 3. The van der Waals surface area contributed by atoms with E-state index in [9.17, 15) is 22.8 Å². The molecule has 2 aliphatic heterocycles. The maximum absolute atomic E-state index is 13.4. The Kier molecular flexibility index (Phi) is 9.95. The molecule has 5 N–H and O–H groups in total. The van der Waals surface area contributed by atoms with Gasteiger partial charge in [0.25, 0.3) is 5.91 Å². The number of hydrogen-bond acceptors (Lipinski definition) is 8. The number of carbonyl (C=O) groups excluding carboxylic acids is 2. The number of halogens is 3. The number of carbonyl (C=O) groups is 2. The molecule has 1 unspecified atom stereocenters. The first kappa shape index (κ1) is 29.7. The zero-order valence-electron chi connectivity index (χ0n) is 22.3. The molecule has 14 heteroatoms. The van der Waals surface area contributed by atoms with Crippen molar-refractivity contribution in [2.75, 3.05) is 19.7 Å². The van der Waals surface area contributed by atoms with Crippen molar-refractivity contribution in [3.05, 3.63) is 33.4 Å². The van der Waals surface area contributed by atoms with Crippen LogP contribution in [-0.4, -0.2) is 48.4 Å². The van der Waals surface area contributed by atoms with Gasteiger partial charge in [0.1, 0.15) is 10.8 Å². The van der Waals surface area contributed by atoms with Gasteiger partial charge in [-0.15, -0.1) is 11.3 Å². The van der Waals surface area contributed by atoms with Crippen LogP contribution in [0.25, 0.3) is 5.57 Å². The van der Waals surface area contributed by atoms with Crippen LogP contribution in [-0.2, 0) is 15.7 Å². The van der Waals surface area contributed by atoms with Gasteiger partial charge in [0.05, 0.1) is 19.1 Å². The molecule has 0 aromatic carbocycles. The van der Waals surface area contributed by atoms with Gasteiger partial charge in [0, 0.05) is 30.1 Å². The second kappa shape index (κ2) is 13.4. The molecule has 4 rings (SSSR count). The van der Waals surface area contributed by atoms with E-state index in [1.165, 1.54) is 31.9 Å². The first-order valence-corrected chi connectivity index (χ1v) is 14.3. The molecule has 0 radical (unpaired) electrons. The highest BCUT2D eigenvalue weighted by Crippen LogP contribution is 2.39. The van der Waals surface area contributed by atoms with E-state index in [0.29, 0.717) is 47.5 Å². The van der Waals surface area contributed by atoms with Gasteiger partial charge in [-0.1, -0.05) is 25.7 Å². The molecule has 1 saturated carbocycles. The summed E-state index contributed by atoms with van der Waals surface area (Å²) < 4.78 is 46.4. The van der Waals surface area contributed by atoms with Crippen LogP contribution >= 0.6 is 11.3 Å². The zero-order valence-corrected chi connectivity index (χ0v) is 23.1. The summed E-state index contributed by atoms with van der Waals surface area (Å²) in [7, 11) is 0. The van der Waals surface area contributed by atoms with Gasteiger partial charge in [0.15, 0.2) is 11.6 Å². The lowest BCUT2D eigenvalue weighted by Crippen LogP contribution is -2.41. The van der Waals surface area contributed by atoms with Crippen molar-refractivity contribution in [2.24, 2.45) is 27.7 Å². The van der Waals surface area contributed by atoms with E-state index in [0.717, 1.165) is 29.6 Å². The standard InChI is InChI=1S/C26H34F3N7O3S/c1-2-31-25(38)35-21-11-18(24-34-20(14-40-24)26(27,28)29)19(13-32-21)17-10-16(22(37)36-30)12-33-23(17)39-9-5-8-15-6-3-4-7-15/h12,14-15,17H,2-11,13,30H2,1H3,(H,36,37)(H2,31,32,35,38). The van der Waals surface area contributed by atoms with Crippen LogP contribution in [0.15, 0.2) is 32.7 Å². The maximum Gasteiger partial charge on any atom is 0.434 e. The van der Waals surface area contributed by atoms with Crippen LogP contribution in [0, 0.1) is 11.8 Å². The van der Waals surface area contributed by atoms with Crippen molar-refractivity contribution in [3.63, 3.8) is 0 Å². The number of thiazole rings is 1. The lowest BCUT2D eigenvalue weighted by molar-refractivity contribution is -0.140. The van der Waals surface area contributed by atoms with Gasteiger partial charge >= 0.3 is 12.2 Å². The highest BCUT2D eigenvalue weighted by Gasteiger charge is 2.37. The van der Waals surface area contributed by atoms with Crippen molar-refractivity contribution in [2.45, 2.75) is 64.5 Å². The summed E-state index contributed by atoms with van der Waals surface area (Å²) in [6, 6.07) is -0.463. The predicted octanol–water partition coefficient (Wildman–Crippen LogP) is 4.32. The van der Waals surface area contributed by atoms with E-state index in [4.69, 9.17) is 10.6 Å². The summed E-state index contributed by atoms with van der Waals surface area (Å²) in [5.41, 5.74) is 2.54. The van der Waals surface area contributed by atoms with Crippen LogP contribution in [0.2, 0.25) is 0 Å². The number of rotatable bonds is 8. The Morgan fingerprint density at radius 2 is 2.02 bits per heavy atom. The fourth-order valence-electron chi connectivity index (χ4n) is 5.20. The van der Waals surface area contributed by atoms with Crippen molar-refractivity contribution < 1.29 is 27.5 Å². The van der Waals surface area contributed by atoms with E-state index in [1.54, 1.807) is 6.92 Å². The minimum Gasteiger partial charge on any atom is -0.480 e. The van der Waals surface area contributed by atoms with Gasteiger partial charge in [-0.3, -0.25) is 20.5 Å². The first-order chi connectivity index (χ1) is 19.2. The molecule has 1 fully saturated rings. The van der Waals surface area contributed by atoms with Crippen LogP contribution < -0.4 is 21.9 Å². The van der Waals surface area contributed by atoms with Gasteiger partial charge in [-0.2, -0.15) is 13.2 Å². The molecule has 0 bridgehead atoms. The van der Waals surface area contributed by atoms with Crippen molar-refractivity contribution in [1.82, 2.24) is 21.0 Å². The number of nitrogens with zero attached hydrogens (tertiary/aromatic N) is 3. The summed E-state index contributed by atoms with van der Waals surface area (Å²) in [6.07, 6.45) is 3.93. The van der Waals surface area contributed by atoms with Crippen LogP contribution in [0.3, 0.4) is 0 Å². The molecule has 0 spiro atoms. The Balaban J connectivity index is 1.63. The monoisotopic (exact) mass is 581 g/mol. The van der Waals surface area contributed by atoms with E-state index in [1.807, 2.05) is 0 Å². The number of aromatic nitrogens is 1. The van der Waals surface area contributed by atoms with E-state index in [-0.39, 0.29) is 24.4 Å². The normalized spacial score (nSPS) is 20.0. The largest absolute Gasteiger partial charge is 0.480 e. The number of amidine groups is 1. The molecular formula is C26H34F3N7O3S. The summed E-state index contributed by atoms with van der Waals surface area (Å²) in [5, 5.41) is 6.40. The van der Waals surface area contributed by atoms with Gasteiger partial charge in [0.2, 0.25) is 0 Å². The number of hydrazine groups is 1. The topological polar surface area (TPSA) is 143 Å². The second-order valence-electron chi connectivity index (χ2n) is 9.96. The Bertz CT molecular complexity index is 1220. The third-order valence-electron chi connectivity index (χ3n) is 7.21. The zero-order chi connectivity index (χ0) is 28.7. The summed E-state index contributed by atoms with van der Waals surface area (Å²) >= 11 is 0.863. The third kappa shape index (κ3) is 7.47. The Labute approximate surface area is 234 Å². The molecule has 218 valence electrons. The van der Waals surface area contributed by atoms with Crippen molar-refractivity contribution >= 4 is 40.6 Å². The minimum atomic E-state index is -4.60. The average Bonchev–Trinajstić information content (AvgIpc) is 3.64. The average molecular weight is 582 g/mol. The van der Waals surface area contributed by atoms with E-state index in [2.05, 4.69) is 31.0 Å². The van der Waals surface area contributed by atoms with Crippen molar-refractivity contribution in [1.29, 1.82) is 0 Å². The lowest BCUT2D eigenvalue weighted by atomic mass is 9.84. The summed E-state index contributed by atoms with van der Waals surface area (Å²) in [4.78, 5) is 37.3. The molecule has 1 atom stereocenters. The number of hydrogen-bond donors (Lipinski definition) is 4. The Morgan fingerprint density at radius 3 is 2.70 bits per heavy atom. The fraction of sp³-hybridized carbons (Fsp3) is 0.577. The minimum absolute atomic E-state index is 0.0465. The Hall–Kier alpha value is -3.26. The molecule has 40 heavy (non-hydrogen) atoms. The number of alkyl halides is 3. The number of amides is 3. The predicted molar refractivity (Wildman–Crippen MR) is 146 cm³/mol. The molecule has 3 aliphatic rings. The highest BCUT2D eigenvalue weighted by atomic mass is 32.1. The lowest BCUT2D eigenvalue weighted by Gasteiger charge is -2.29. The van der Waals surface area contributed by atoms with Gasteiger partial charge < -0.3 is 10.1 Å². The molecule has 1 aliphatic carbocycles. The maximum atomic E-state index is 13.4. The van der Waals surface area contributed by atoms with E-state index >= 15 is 0 Å². The smallest absolute Gasteiger partial charge is 0.434 e. The third-order valence-corrected chi connectivity index (χ3v) is 8.12. The molecule has 1 aromatic rings. The number of nitrogens with two attached hydrogens (primary N) is 1. The van der Waals surface area contributed by atoms with Gasteiger partial charge in [-0.05, 0) is 43.3 Å². The first-order valence-electron chi connectivity index (χ1n) is 13.4. The molecule has 0 saturated heterocycles. The molecule has 10 nitrogen and oxygen atoms in total. The second-order valence-corrected chi connectivity index (χ2v) is 10.8. The number of aliphatic imine (C=N–C) groups is 2. The van der Waals surface area contributed by atoms with E-state index < -0.39 is 29.7 Å². The molecule has 1 aromatic heterocycles. The summed E-state index contributed by atoms with van der Waals surface area (Å²) in [6.45, 7) is 2.65. The number of ether oxygens (including phenoxy) is 1. The number of urea groups is 1. The Morgan fingerprint density at radius 1 is 1.25 bits per heavy atom. The van der Waals surface area contributed by atoms with Crippen molar-refractivity contribution in [3.8, 4) is 0 Å². The molecular weight excluding hydrogens is 547 g/mol. The van der Waals surface area contributed by atoms with Crippen LogP contribution in [0.4, 0.5) is 18.0 Å². The van der Waals surface area contributed by atoms with Gasteiger partial charge in [-0.25, -0.2) is 20.6 Å². The summed E-state index contributed by atoms with van der Waals surface area (Å²) in [5.74, 6) is 5.66. The molecule has 3 amide bonds.